The van der Waals surface area contributed by atoms with Crippen LogP contribution in [0.15, 0.2) is 53.8 Å². The summed E-state index contributed by atoms with van der Waals surface area (Å²) >= 11 is 1.34. The van der Waals surface area contributed by atoms with Crippen molar-refractivity contribution in [1.82, 2.24) is 9.55 Å². The van der Waals surface area contributed by atoms with Gasteiger partial charge < -0.3 is 4.74 Å². The molecular weight excluding hydrogens is 379 g/mol. The van der Waals surface area contributed by atoms with E-state index in [9.17, 15) is 14.0 Å². The number of benzene rings is 2. The molecule has 0 atom stereocenters. The van der Waals surface area contributed by atoms with Crippen molar-refractivity contribution in [3.63, 3.8) is 0 Å². The van der Waals surface area contributed by atoms with Crippen molar-refractivity contribution in [3.05, 3.63) is 76.9 Å². The second-order valence-electron chi connectivity index (χ2n) is 6.24. The summed E-state index contributed by atoms with van der Waals surface area (Å²) in [5.74, 6) is -1.33. The number of carbonyl (C=O) groups is 2. The summed E-state index contributed by atoms with van der Waals surface area (Å²) in [6.45, 7) is 3.51. The summed E-state index contributed by atoms with van der Waals surface area (Å²) in [6.07, 6.45) is 3.21. The number of imidazole rings is 1. The van der Waals surface area contributed by atoms with Crippen LogP contribution >= 0.6 is 11.8 Å². The molecule has 0 amide bonds. The van der Waals surface area contributed by atoms with Gasteiger partial charge in [-0.1, -0.05) is 23.9 Å². The van der Waals surface area contributed by atoms with Crippen molar-refractivity contribution in [1.29, 1.82) is 0 Å². The Balaban J connectivity index is 1.79. The van der Waals surface area contributed by atoms with Crippen molar-refractivity contribution in [2.75, 3.05) is 12.9 Å². The Hall–Kier alpha value is -2.93. The van der Waals surface area contributed by atoms with Crippen LogP contribution in [0, 0.1) is 19.7 Å². The molecule has 144 valence electrons. The highest BCUT2D eigenvalue weighted by molar-refractivity contribution is 7.98. The maximum Gasteiger partial charge on any atom is 0.357 e. The number of halogens is 1. The van der Waals surface area contributed by atoms with Gasteiger partial charge in [-0.05, 0) is 61.6 Å². The quantitative estimate of drug-likeness (QED) is 0.350. The Kier molecular flexibility index (Phi) is 5.94. The van der Waals surface area contributed by atoms with Gasteiger partial charge in [0.2, 0.25) is 0 Å². The average Bonchev–Trinajstić information content (AvgIpc) is 3.12. The molecular formula is C21H19FN2O3S. The molecule has 0 spiro atoms. The molecule has 0 radical (unpaired) electrons. The first-order valence-corrected chi connectivity index (χ1v) is 9.78. The van der Waals surface area contributed by atoms with E-state index in [1.54, 1.807) is 28.8 Å². The zero-order valence-corrected chi connectivity index (χ0v) is 16.5. The van der Waals surface area contributed by atoms with E-state index in [-0.39, 0.29) is 23.9 Å². The zero-order chi connectivity index (χ0) is 20.3. The van der Waals surface area contributed by atoms with Crippen LogP contribution < -0.4 is 0 Å². The van der Waals surface area contributed by atoms with Gasteiger partial charge in [-0.15, -0.1) is 0 Å². The zero-order valence-electron chi connectivity index (χ0n) is 15.7. The second-order valence-corrected chi connectivity index (χ2v) is 7.01. The predicted octanol–water partition coefficient (Wildman–Crippen LogP) is 4.39. The van der Waals surface area contributed by atoms with Crippen molar-refractivity contribution < 1.29 is 18.7 Å². The number of esters is 1. The highest BCUT2D eigenvalue weighted by Crippen LogP contribution is 2.22. The summed E-state index contributed by atoms with van der Waals surface area (Å²) in [4.78, 5) is 29.1. The van der Waals surface area contributed by atoms with Crippen molar-refractivity contribution in [2.24, 2.45) is 0 Å². The highest BCUT2D eigenvalue weighted by atomic mass is 32.2. The van der Waals surface area contributed by atoms with Gasteiger partial charge in [0.25, 0.3) is 0 Å². The maximum absolute atomic E-state index is 13.2. The topological polar surface area (TPSA) is 61.2 Å². The number of ketones is 1. The van der Waals surface area contributed by atoms with Crippen LogP contribution in [0.3, 0.4) is 0 Å². The summed E-state index contributed by atoms with van der Waals surface area (Å²) in [5.41, 5.74) is 3.32. The maximum atomic E-state index is 13.2. The molecule has 28 heavy (non-hydrogen) atoms. The number of aryl methyl sites for hydroxylation is 2. The van der Waals surface area contributed by atoms with Gasteiger partial charge in [0.05, 0.1) is 6.20 Å². The first kappa shape index (κ1) is 19.8. The monoisotopic (exact) mass is 398 g/mol. The van der Waals surface area contributed by atoms with E-state index in [1.165, 1.54) is 30.1 Å². The lowest BCUT2D eigenvalue weighted by molar-refractivity contribution is 0.0466. The number of carbonyl (C=O) groups excluding carboxylic acids is 2. The van der Waals surface area contributed by atoms with Gasteiger partial charge in [0, 0.05) is 11.3 Å². The Morgan fingerprint density at radius 2 is 1.82 bits per heavy atom. The number of Topliss-reactive ketones (excluding diaryl/α,β-unsaturated/α-hetero) is 1. The minimum atomic E-state index is -0.672. The minimum Gasteiger partial charge on any atom is -0.453 e. The van der Waals surface area contributed by atoms with Crippen LogP contribution in [-0.4, -0.2) is 34.2 Å². The molecule has 0 aliphatic heterocycles. The smallest absolute Gasteiger partial charge is 0.357 e. The number of nitrogens with zero attached hydrogens (tertiary/aromatic N) is 2. The molecule has 7 heteroatoms. The van der Waals surface area contributed by atoms with Crippen LogP contribution in [0.25, 0.3) is 5.69 Å². The van der Waals surface area contributed by atoms with E-state index in [0.29, 0.717) is 16.4 Å². The molecule has 1 aromatic heterocycles. The van der Waals surface area contributed by atoms with Gasteiger partial charge in [0.1, 0.15) is 5.82 Å². The lowest BCUT2D eigenvalue weighted by Gasteiger charge is -2.11. The summed E-state index contributed by atoms with van der Waals surface area (Å²) in [5, 5.41) is 0.555. The van der Waals surface area contributed by atoms with Gasteiger partial charge >= 0.3 is 5.97 Å². The van der Waals surface area contributed by atoms with Gasteiger partial charge in [0.15, 0.2) is 23.2 Å². The third-order valence-corrected chi connectivity index (χ3v) is 5.02. The molecule has 3 rings (SSSR count). The van der Waals surface area contributed by atoms with E-state index in [1.807, 2.05) is 26.2 Å². The molecule has 0 N–H and O–H groups in total. The predicted molar refractivity (Wildman–Crippen MR) is 106 cm³/mol. The van der Waals surface area contributed by atoms with E-state index < -0.39 is 5.97 Å². The number of aromatic nitrogens is 2. The first-order valence-electron chi connectivity index (χ1n) is 8.56. The van der Waals surface area contributed by atoms with Crippen LogP contribution in [0.4, 0.5) is 4.39 Å². The van der Waals surface area contributed by atoms with Crippen molar-refractivity contribution >= 4 is 23.5 Å². The third-order valence-electron chi connectivity index (χ3n) is 4.37. The Morgan fingerprint density at radius 1 is 1.11 bits per heavy atom. The summed E-state index contributed by atoms with van der Waals surface area (Å²) < 4.78 is 20.0. The fourth-order valence-corrected chi connectivity index (χ4v) is 3.21. The standard InChI is InChI=1S/C21H19FN2O3S/c1-13-4-5-15(10-14(13)2)19(25)12-27-20(26)18-11-23-21(28-3)24(18)17-8-6-16(22)7-9-17/h4-11H,12H2,1-3H3. The number of rotatable bonds is 6. The first-order chi connectivity index (χ1) is 13.4. The fraction of sp³-hybridized carbons (Fsp3) is 0.190. The molecule has 3 aromatic rings. The molecule has 2 aromatic carbocycles. The molecule has 0 bridgehead atoms. The molecule has 0 unspecified atom stereocenters. The molecule has 0 aliphatic rings. The van der Waals surface area contributed by atoms with Gasteiger partial charge in [-0.3, -0.25) is 9.36 Å². The minimum absolute atomic E-state index is 0.170. The Bertz CT molecular complexity index is 1030. The second kappa shape index (κ2) is 8.39. The third kappa shape index (κ3) is 4.14. The number of thioether (sulfide) groups is 1. The molecule has 0 saturated carbocycles. The van der Waals surface area contributed by atoms with E-state index >= 15 is 0 Å². The van der Waals surface area contributed by atoms with E-state index in [4.69, 9.17) is 4.74 Å². The van der Waals surface area contributed by atoms with Gasteiger partial charge in [-0.25, -0.2) is 14.2 Å². The van der Waals surface area contributed by atoms with Gasteiger partial charge in [-0.2, -0.15) is 0 Å². The van der Waals surface area contributed by atoms with Crippen LogP contribution in [0.5, 0.6) is 0 Å². The number of hydrogen-bond acceptors (Lipinski definition) is 5. The van der Waals surface area contributed by atoms with Crippen molar-refractivity contribution in [2.45, 2.75) is 19.0 Å². The number of hydrogen-bond donors (Lipinski definition) is 0. The summed E-state index contributed by atoms with van der Waals surface area (Å²) in [7, 11) is 0. The van der Waals surface area contributed by atoms with Crippen LogP contribution in [-0.2, 0) is 4.74 Å². The molecule has 1 heterocycles. The highest BCUT2D eigenvalue weighted by Gasteiger charge is 2.20. The molecule has 0 fully saturated rings. The van der Waals surface area contributed by atoms with Crippen molar-refractivity contribution in [3.8, 4) is 5.69 Å². The SMILES string of the molecule is CSc1ncc(C(=O)OCC(=O)c2ccc(C)c(C)c2)n1-c1ccc(F)cc1. The largest absolute Gasteiger partial charge is 0.453 e. The molecule has 0 aliphatic carbocycles. The lowest BCUT2D eigenvalue weighted by Crippen LogP contribution is -2.17. The summed E-state index contributed by atoms with van der Waals surface area (Å²) in [6, 6.07) is 11.1. The van der Waals surface area contributed by atoms with E-state index in [2.05, 4.69) is 4.98 Å². The van der Waals surface area contributed by atoms with Crippen LogP contribution in [0.2, 0.25) is 0 Å². The Labute approximate surface area is 166 Å². The Morgan fingerprint density at radius 3 is 2.46 bits per heavy atom. The average molecular weight is 398 g/mol. The van der Waals surface area contributed by atoms with E-state index in [0.717, 1.165) is 11.1 Å². The lowest BCUT2D eigenvalue weighted by atomic mass is 10.0. The fourth-order valence-electron chi connectivity index (χ4n) is 2.67. The normalized spacial score (nSPS) is 10.7. The van der Waals surface area contributed by atoms with Crippen LogP contribution in [0.1, 0.15) is 32.0 Å². The number of ether oxygens (including phenoxy) is 1. The molecule has 0 saturated heterocycles. The molecule has 5 nitrogen and oxygen atoms in total.